The third-order valence-electron chi connectivity index (χ3n) is 4.51. The van der Waals surface area contributed by atoms with E-state index in [1.165, 1.54) is 12.1 Å². The van der Waals surface area contributed by atoms with Gasteiger partial charge in [-0.2, -0.15) is 8.42 Å². The Kier molecular flexibility index (Phi) is 5.31. The molecule has 0 bridgehead atoms. The van der Waals surface area contributed by atoms with E-state index in [0.29, 0.717) is 29.4 Å². The van der Waals surface area contributed by atoms with Crippen LogP contribution in [0.4, 0.5) is 5.69 Å². The molecule has 1 N–H and O–H groups in total. The van der Waals surface area contributed by atoms with Gasteiger partial charge in [-0.25, -0.2) is 0 Å². The Morgan fingerprint density at radius 1 is 1.30 bits per heavy atom. The van der Waals surface area contributed by atoms with Crippen LogP contribution < -0.4 is 5.32 Å². The fraction of sp³-hybridized carbons (Fsp3) is 0.389. The van der Waals surface area contributed by atoms with E-state index in [0.717, 1.165) is 18.5 Å². The van der Waals surface area contributed by atoms with Gasteiger partial charge in [-0.1, -0.05) is 5.16 Å². The molecule has 1 aromatic heterocycles. The average molecular weight is 390 g/mol. The molecule has 0 atom stereocenters. The van der Waals surface area contributed by atoms with Gasteiger partial charge in [0.05, 0.1) is 17.0 Å². The van der Waals surface area contributed by atoms with E-state index < -0.39 is 10.0 Å². The average Bonchev–Trinajstić information content (AvgIpc) is 3.15. The summed E-state index contributed by atoms with van der Waals surface area (Å²) in [5, 5.41) is 6.57. The smallest absolute Gasteiger partial charge is 0.283 e. The van der Waals surface area contributed by atoms with E-state index in [9.17, 15) is 13.2 Å². The Balaban J connectivity index is 1.69. The monoisotopic (exact) mass is 390 g/mol. The van der Waals surface area contributed by atoms with Crippen LogP contribution in [-0.4, -0.2) is 43.8 Å². The van der Waals surface area contributed by atoms with E-state index in [1.807, 2.05) is 11.9 Å². The largest absolute Gasteiger partial charge is 0.362 e. The SMILES string of the molecule is Cc1noc(C)c1CC(=O)Nc1ccc(S(=O)(=O)N=C2CCCN2C)cc1. The highest BCUT2D eigenvalue weighted by atomic mass is 32.2. The van der Waals surface area contributed by atoms with Gasteiger partial charge in [-0.15, -0.1) is 4.40 Å². The quantitative estimate of drug-likeness (QED) is 0.840. The maximum Gasteiger partial charge on any atom is 0.283 e. The van der Waals surface area contributed by atoms with Crippen LogP contribution in [0.2, 0.25) is 0 Å². The third kappa shape index (κ3) is 4.36. The van der Waals surface area contributed by atoms with Gasteiger partial charge in [-0.3, -0.25) is 4.79 Å². The normalized spacial score (nSPS) is 16.1. The minimum Gasteiger partial charge on any atom is -0.362 e. The number of aromatic nitrogens is 1. The number of anilines is 1. The van der Waals surface area contributed by atoms with Gasteiger partial charge in [0.25, 0.3) is 10.0 Å². The first kappa shape index (κ1) is 19.1. The molecular weight excluding hydrogens is 368 g/mol. The van der Waals surface area contributed by atoms with Gasteiger partial charge in [-0.05, 0) is 44.5 Å². The van der Waals surface area contributed by atoms with E-state index in [-0.39, 0.29) is 17.2 Å². The van der Waals surface area contributed by atoms with Crippen molar-refractivity contribution in [3.8, 4) is 0 Å². The number of benzene rings is 1. The molecule has 0 saturated carbocycles. The predicted molar refractivity (Wildman–Crippen MR) is 101 cm³/mol. The molecule has 27 heavy (non-hydrogen) atoms. The van der Waals surface area contributed by atoms with Gasteiger partial charge in [0.1, 0.15) is 11.6 Å². The highest BCUT2D eigenvalue weighted by Crippen LogP contribution is 2.20. The molecule has 0 unspecified atom stereocenters. The summed E-state index contributed by atoms with van der Waals surface area (Å²) < 4.78 is 33.8. The molecule has 0 radical (unpaired) electrons. The number of hydrogen-bond acceptors (Lipinski definition) is 5. The lowest BCUT2D eigenvalue weighted by Crippen LogP contribution is -2.20. The van der Waals surface area contributed by atoms with Crippen molar-refractivity contribution >= 4 is 27.5 Å². The number of nitrogens with zero attached hydrogens (tertiary/aromatic N) is 3. The fourth-order valence-electron chi connectivity index (χ4n) is 2.93. The summed E-state index contributed by atoms with van der Waals surface area (Å²) in [5.74, 6) is 0.958. The summed E-state index contributed by atoms with van der Waals surface area (Å²) in [6, 6.07) is 5.99. The van der Waals surface area contributed by atoms with Crippen molar-refractivity contribution in [2.24, 2.45) is 4.40 Å². The van der Waals surface area contributed by atoms with Crippen LogP contribution in [0.25, 0.3) is 0 Å². The number of carbonyl (C=O) groups is 1. The van der Waals surface area contributed by atoms with E-state index in [1.54, 1.807) is 26.0 Å². The Bertz CT molecular complexity index is 958. The molecule has 1 aliphatic heterocycles. The minimum atomic E-state index is -3.76. The molecule has 9 heteroatoms. The molecule has 144 valence electrons. The van der Waals surface area contributed by atoms with Crippen LogP contribution in [0.15, 0.2) is 38.1 Å². The molecular formula is C18H22N4O4S. The predicted octanol–water partition coefficient (Wildman–Crippen LogP) is 2.29. The molecule has 8 nitrogen and oxygen atoms in total. The second-order valence-electron chi connectivity index (χ2n) is 6.56. The number of nitrogens with one attached hydrogen (secondary N) is 1. The third-order valence-corrected chi connectivity index (χ3v) is 5.83. The van der Waals surface area contributed by atoms with Crippen molar-refractivity contribution in [1.29, 1.82) is 0 Å². The Labute approximate surface area is 158 Å². The van der Waals surface area contributed by atoms with Gasteiger partial charge in [0, 0.05) is 31.3 Å². The fourth-order valence-corrected chi connectivity index (χ4v) is 4.02. The highest BCUT2D eigenvalue weighted by Gasteiger charge is 2.20. The lowest BCUT2D eigenvalue weighted by molar-refractivity contribution is -0.115. The van der Waals surface area contributed by atoms with Crippen LogP contribution in [0.3, 0.4) is 0 Å². The number of amides is 1. The molecule has 2 aromatic rings. The van der Waals surface area contributed by atoms with Crippen molar-refractivity contribution in [3.63, 3.8) is 0 Å². The summed E-state index contributed by atoms with van der Waals surface area (Å²) in [5.41, 5.74) is 1.94. The number of carbonyl (C=O) groups excluding carboxylic acids is 1. The zero-order valence-corrected chi connectivity index (χ0v) is 16.3. The Morgan fingerprint density at radius 3 is 2.56 bits per heavy atom. The first-order valence-corrected chi connectivity index (χ1v) is 10.1. The van der Waals surface area contributed by atoms with Gasteiger partial charge >= 0.3 is 0 Å². The number of amidine groups is 1. The van der Waals surface area contributed by atoms with E-state index in [2.05, 4.69) is 14.9 Å². The second kappa shape index (κ2) is 7.51. The summed E-state index contributed by atoms with van der Waals surface area (Å²) in [7, 11) is -1.93. The zero-order valence-electron chi connectivity index (χ0n) is 15.5. The molecule has 2 heterocycles. The molecule has 3 rings (SSSR count). The van der Waals surface area contributed by atoms with Crippen molar-refractivity contribution in [2.75, 3.05) is 18.9 Å². The molecule has 0 aliphatic carbocycles. The summed E-state index contributed by atoms with van der Waals surface area (Å²) >= 11 is 0. The summed E-state index contributed by atoms with van der Waals surface area (Å²) in [6.07, 6.45) is 1.70. The number of hydrogen-bond donors (Lipinski definition) is 1. The molecule has 0 spiro atoms. The van der Waals surface area contributed by atoms with Gasteiger partial charge < -0.3 is 14.7 Å². The lowest BCUT2D eigenvalue weighted by atomic mass is 10.1. The van der Waals surface area contributed by atoms with Crippen molar-refractivity contribution in [2.45, 2.75) is 38.0 Å². The number of sulfonamides is 1. The zero-order chi connectivity index (χ0) is 19.6. The highest BCUT2D eigenvalue weighted by molar-refractivity contribution is 7.90. The van der Waals surface area contributed by atoms with Gasteiger partial charge in [0.15, 0.2) is 0 Å². The second-order valence-corrected chi connectivity index (χ2v) is 8.16. The first-order valence-electron chi connectivity index (χ1n) is 8.63. The summed E-state index contributed by atoms with van der Waals surface area (Å²) in [6.45, 7) is 4.35. The van der Waals surface area contributed by atoms with Crippen LogP contribution in [0.1, 0.15) is 29.9 Å². The Hall–Kier alpha value is -2.68. The molecule has 1 saturated heterocycles. The minimum absolute atomic E-state index is 0.0963. The van der Waals surface area contributed by atoms with Gasteiger partial charge in [0.2, 0.25) is 5.91 Å². The molecule has 1 aliphatic rings. The molecule has 1 amide bonds. The van der Waals surface area contributed by atoms with E-state index in [4.69, 9.17) is 4.52 Å². The summed E-state index contributed by atoms with van der Waals surface area (Å²) in [4.78, 5) is 14.2. The van der Waals surface area contributed by atoms with Crippen molar-refractivity contribution in [3.05, 3.63) is 41.3 Å². The van der Waals surface area contributed by atoms with Crippen LogP contribution in [-0.2, 0) is 21.2 Å². The van der Waals surface area contributed by atoms with Crippen molar-refractivity contribution in [1.82, 2.24) is 10.1 Å². The maximum atomic E-state index is 12.4. The number of aryl methyl sites for hydroxylation is 2. The maximum absolute atomic E-state index is 12.4. The first-order chi connectivity index (χ1) is 12.8. The van der Waals surface area contributed by atoms with Crippen molar-refractivity contribution < 1.29 is 17.7 Å². The standard InChI is InChI=1S/C18H22N4O4S/c1-12-16(13(2)26-20-12)11-18(23)19-14-6-8-15(9-7-14)27(24,25)21-17-5-4-10-22(17)3/h6-9H,4-5,10-11H2,1-3H3,(H,19,23). The topological polar surface area (TPSA) is 105 Å². The number of likely N-dealkylation sites (tertiary alicyclic amines) is 1. The van der Waals surface area contributed by atoms with Crippen LogP contribution in [0.5, 0.6) is 0 Å². The Morgan fingerprint density at radius 2 is 2.00 bits per heavy atom. The molecule has 1 aromatic carbocycles. The lowest BCUT2D eigenvalue weighted by Gasteiger charge is -2.11. The number of rotatable bonds is 5. The van der Waals surface area contributed by atoms with E-state index >= 15 is 0 Å². The van der Waals surface area contributed by atoms with Crippen LogP contribution >= 0.6 is 0 Å². The molecule has 1 fully saturated rings. The van der Waals surface area contributed by atoms with Crippen LogP contribution in [0, 0.1) is 13.8 Å².